The maximum atomic E-state index is 9.64. The van der Waals surface area contributed by atoms with Crippen molar-refractivity contribution in [1.82, 2.24) is 0 Å². The number of rotatable bonds is 3. The van der Waals surface area contributed by atoms with Gasteiger partial charge in [-0.05, 0) is 13.8 Å². The largest absolute Gasteiger partial charge is 0.481 e. The quantitative estimate of drug-likeness (QED) is 0.554. The summed E-state index contributed by atoms with van der Waals surface area (Å²) in [4.78, 5) is 19.3. The Morgan fingerprint density at radius 1 is 1.13 bits per heavy atom. The minimum atomic E-state index is -1.08. The third-order valence-electron chi connectivity index (χ3n) is 0.757. The fraction of sp³-hybridized carbons (Fsp3) is 0.600. The van der Waals surface area contributed by atoms with Crippen molar-refractivity contribution >= 4 is 11.9 Å². The highest BCUT2D eigenvalue weighted by molar-refractivity contribution is 5.75. The molecule has 0 radical (unpaired) electrons. The molecule has 0 aliphatic carbocycles. The molecule has 5 heteroatoms. The van der Waals surface area contributed by atoms with Crippen molar-refractivity contribution in [3.63, 3.8) is 0 Å². The first-order valence-electron chi connectivity index (χ1n) is 4.49. The summed E-state index contributed by atoms with van der Waals surface area (Å²) in [5.74, 6) is -2.15. The molecule has 0 aromatic heterocycles. The summed E-state index contributed by atoms with van der Waals surface area (Å²) in [5.41, 5.74) is 1.17. The van der Waals surface area contributed by atoms with E-state index in [0.29, 0.717) is 0 Å². The SMILES string of the molecule is C1CO1.C=C(C)C.O=C(O)CCC(=O)O. The van der Waals surface area contributed by atoms with E-state index < -0.39 is 11.9 Å². The molecule has 15 heavy (non-hydrogen) atoms. The Morgan fingerprint density at radius 2 is 1.33 bits per heavy atom. The van der Waals surface area contributed by atoms with Gasteiger partial charge in [0.25, 0.3) is 0 Å². The zero-order chi connectivity index (χ0) is 12.3. The van der Waals surface area contributed by atoms with Crippen molar-refractivity contribution in [3.05, 3.63) is 12.2 Å². The summed E-state index contributed by atoms with van der Waals surface area (Å²) in [6.07, 6.45) is -0.593. The minimum Gasteiger partial charge on any atom is -0.481 e. The van der Waals surface area contributed by atoms with E-state index in [1.54, 1.807) is 0 Å². The molecule has 0 aromatic carbocycles. The summed E-state index contributed by atoms with van der Waals surface area (Å²) in [7, 11) is 0. The van der Waals surface area contributed by atoms with Crippen LogP contribution in [0.3, 0.4) is 0 Å². The lowest BCUT2D eigenvalue weighted by Gasteiger charge is -1.85. The van der Waals surface area contributed by atoms with Gasteiger partial charge in [0.2, 0.25) is 0 Å². The molecule has 1 aliphatic heterocycles. The lowest BCUT2D eigenvalue weighted by Crippen LogP contribution is -2.00. The van der Waals surface area contributed by atoms with Gasteiger partial charge in [-0.2, -0.15) is 0 Å². The highest BCUT2D eigenvalue weighted by Gasteiger charge is 2.00. The van der Waals surface area contributed by atoms with Crippen molar-refractivity contribution in [2.75, 3.05) is 13.2 Å². The number of aliphatic carboxylic acids is 2. The zero-order valence-corrected chi connectivity index (χ0v) is 9.15. The van der Waals surface area contributed by atoms with E-state index in [4.69, 9.17) is 10.2 Å². The fourth-order valence-corrected chi connectivity index (χ4v) is 0.214. The van der Waals surface area contributed by atoms with Crippen LogP contribution in [0.4, 0.5) is 0 Å². The molecule has 1 heterocycles. The Morgan fingerprint density at radius 3 is 1.40 bits per heavy atom. The molecule has 1 aliphatic rings. The van der Waals surface area contributed by atoms with Crippen LogP contribution < -0.4 is 0 Å². The Kier molecular flexibility index (Phi) is 11.5. The number of ether oxygens (including phenoxy) is 1. The van der Waals surface area contributed by atoms with Crippen LogP contribution in [0.1, 0.15) is 26.7 Å². The normalized spacial score (nSPS) is 11.1. The van der Waals surface area contributed by atoms with E-state index in [2.05, 4.69) is 11.3 Å². The number of epoxide rings is 1. The maximum absolute atomic E-state index is 9.64. The number of carboxylic acids is 2. The molecular weight excluding hydrogens is 200 g/mol. The molecule has 0 saturated carbocycles. The molecule has 88 valence electrons. The number of hydrogen-bond donors (Lipinski definition) is 2. The van der Waals surface area contributed by atoms with Crippen LogP contribution in [-0.2, 0) is 14.3 Å². The Labute approximate surface area is 89.4 Å². The Bertz CT molecular complexity index is 187. The standard InChI is InChI=1S/C4H6O4.C4H8.C2H4O/c5-3(6)1-2-4(7)8;1-4(2)3;1-2-3-1/h1-2H2,(H,5,6)(H,7,8);1H2,2-3H3;1-2H2. The van der Waals surface area contributed by atoms with Crippen molar-refractivity contribution < 1.29 is 24.5 Å². The number of allylic oxidation sites excluding steroid dienone is 1. The topological polar surface area (TPSA) is 87.1 Å². The monoisotopic (exact) mass is 218 g/mol. The molecule has 1 rings (SSSR count). The molecule has 0 spiro atoms. The van der Waals surface area contributed by atoms with Gasteiger partial charge < -0.3 is 14.9 Å². The molecular formula is C10H18O5. The van der Waals surface area contributed by atoms with Gasteiger partial charge in [0.1, 0.15) is 0 Å². The van der Waals surface area contributed by atoms with E-state index >= 15 is 0 Å². The van der Waals surface area contributed by atoms with E-state index in [1.807, 2.05) is 13.8 Å². The first-order chi connectivity index (χ1) is 6.86. The van der Waals surface area contributed by atoms with E-state index in [0.717, 1.165) is 13.2 Å². The van der Waals surface area contributed by atoms with Crippen LogP contribution in [0.2, 0.25) is 0 Å². The molecule has 1 fully saturated rings. The summed E-state index contributed by atoms with van der Waals surface area (Å²) >= 11 is 0. The van der Waals surface area contributed by atoms with Crippen molar-refractivity contribution in [2.24, 2.45) is 0 Å². The number of hydrogen-bond acceptors (Lipinski definition) is 3. The second-order valence-electron chi connectivity index (χ2n) is 3.11. The predicted octanol–water partition coefficient (Wildman–Crippen LogP) is 1.53. The average Bonchev–Trinajstić information content (AvgIpc) is 2.84. The Hall–Kier alpha value is -1.36. The van der Waals surface area contributed by atoms with E-state index in [-0.39, 0.29) is 12.8 Å². The predicted molar refractivity (Wildman–Crippen MR) is 55.8 cm³/mol. The van der Waals surface area contributed by atoms with E-state index in [9.17, 15) is 9.59 Å². The molecule has 0 aromatic rings. The molecule has 1 saturated heterocycles. The van der Waals surface area contributed by atoms with Gasteiger partial charge in [0, 0.05) is 0 Å². The minimum absolute atomic E-state index is 0.296. The van der Waals surface area contributed by atoms with E-state index in [1.165, 1.54) is 5.57 Å². The highest BCUT2D eigenvalue weighted by Crippen LogP contribution is 1.86. The van der Waals surface area contributed by atoms with Gasteiger partial charge in [-0.3, -0.25) is 9.59 Å². The third kappa shape index (κ3) is 66.5. The van der Waals surface area contributed by atoms with Crippen LogP contribution in [-0.4, -0.2) is 35.4 Å². The Balaban J connectivity index is 0. The summed E-state index contributed by atoms with van der Waals surface area (Å²) < 4.78 is 4.50. The lowest BCUT2D eigenvalue weighted by atomic mass is 10.3. The van der Waals surface area contributed by atoms with Gasteiger partial charge in [-0.25, -0.2) is 0 Å². The van der Waals surface area contributed by atoms with Gasteiger partial charge in [0.15, 0.2) is 0 Å². The third-order valence-corrected chi connectivity index (χ3v) is 0.757. The molecule has 0 unspecified atom stereocenters. The summed E-state index contributed by atoms with van der Waals surface area (Å²) in [6, 6.07) is 0. The van der Waals surface area contributed by atoms with Crippen molar-refractivity contribution in [2.45, 2.75) is 26.7 Å². The van der Waals surface area contributed by atoms with Gasteiger partial charge in [0.05, 0.1) is 26.1 Å². The molecule has 5 nitrogen and oxygen atoms in total. The van der Waals surface area contributed by atoms with Crippen molar-refractivity contribution in [3.8, 4) is 0 Å². The van der Waals surface area contributed by atoms with Crippen LogP contribution in [0, 0.1) is 0 Å². The first kappa shape index (κ1) is 16.1. The highest BCUT2D eigenvalue weighted by atomic mass is 16.6. The number of carboxylic acid groups (broad SMARTS) is 2. The molecule has 0 atom stereocenters. The number of carbonyl (C=O) groups is 2. The summed E-state index contributed by atoms with van der Waals surface area (Å²) in [6.45, 7) is 9.50. The van der Waals surface area contributed by atoms with Gasteiger partial charge in [-0.15, -0.1) is 6.58 Å². The van der Waals surface area contributed by atoms with Crippen molar-refractivity contribution in [1.29, 1.82) is 0 Å². The molecule has 0 amide bonds. The van der Waals surface area contributed by atoms with Crippen LogP contribution in [0.25, 0.3) is 0 Å². The molecule has 0 bridgehead atoms. The average molecular weight is 218 g/mol. The van der Waals surface area contributed by atoms with Gasteiger partial charge in [-0.1, -0.05) is 5.57 Å². The second-order valence-corrected chi connectivity index (χ2v) is 3.11. The zero-order valence-electron chi connectivity index (χ0n) is 9.15. The summed E-state index contributed by atoms with van der Waals surface area (Å²) in [5, 5.41) is 15.8. The smallest absolute Gasteiger partial charge is 0.303 e. The van der Waals surface area contributed by atoms with Crippen LogP contribution in [0.15, 0.2) is 12.2 Å². The van der Waals surface area contributed by atoms with Gasteiger partial charge >= 0.3 is 11.9 Å². The van der Waals surface area contributed by atoms with Crippen LogP contribution >= 0.6 is 0 Å². The fourth-order valence-electron chi connectivity index (χ4n) is 0.214. The van der Waals surface area contributed by atoms with Crippen LogP contribution in [0.5, 0.6) is 0 Å². The maximum Gasteiger partial charge on any atom is 0.303 e. The first-order valence-corrected chi connectivity index (χ1v) is 4.49. The molecule has 2 N–H and O–H groups in total. The lowest BCUT2D eigenvalue weighted by molar-refractivity contribution is -0.143. The second kappa shape index (κ2) is 10.7.